The van der Waals surface area contributed by atoms with Gasteiger partial charge in [-0.25, -0.2) is 0 Å². The van der Waals surface area contributed by atoms with E-state index in [1.165, 1.54) is 12.1 Å². The smallest absolute Gasteiger partial charge is 0.416 e. The number of phenols is 1. The monoisotopic (exact) mass is 475 g/mol. The molecular formula is C16H9Cl2F6N3OS. The quantitative estimate of drug-likeness (QED) is 0.218. The van der Waals surface area contributed by atoms with Crippen LogP contribution >= 0.6 is 35.4 Å². The maximum atomic E-state index is 12.9. The van der Waals surface area contributed by atoms with Crippen molar-refractivity contribution in [2.24, 2.45) is 5.10 Å². The number of alkyl halides is 6. The number of anilines is 1. The fourth-order valence-corrected chi connectivity index (χ4v) is 2.71. The van der Waals surface area contributed by atoms with Crippen molar-refractivity contribution in [2.45, 2.75) is 12.4 Å². The molecule has 3 N–H and O–H groups in total. The van der Waals surface area contributed by atoms with E-state index < -0.39 is 34.3 Å². The number of hydrazone groups is 1. The molecule has 0 spiro atoms. The predicted octanol–water partition coefficient (Wildman–Crippen LogP) is 6.06. The van der Waals surface area contributed by atoms with Crippen molar-refractivity contribution in [1.82, 2.24) is 5.43 Å². The van der Waals surface area contributed by atoms with Gasteiger partial charge in [-0.3, -0.25) is 5.43 Å². The Morgan fingerprint density at radius 1 is 0.966 bits per heavy atom. The minimum absolute atomic E-state index is 0.00846. The van der Waals surface area contributed by atoms with Gasteiger partial charge in [-0.05, 0) is 42.5 Å². The number of benzene rings is 2. The Balaban J connectivity index is 2.18. The zero-order chi connectivity index (χ0) is 22.0. The van der Waals surface area contributed by atoms with Crippen LogP contribution in [0.4, 0.5) is 32.0 Å². The Morgan fingerprint density at radius 3 is 2.03 bits per heavy atom. The van der Waals surface area contributed by atoms with Gasteiger partial charge < -0.3 is 10.4 Å². The van der Waals surface area contributed by atoms with Gasteiger partial charge >= 0.3 is 12.4 Å². The highest BCUT2D eigenvalue weighted by Crippen LogP contribution is 2.37. The molecule has 13 heteroatoms. The molecule has 0 aliphatic rings. The predicted molar refractivity (Wildman–Crippen MR) is 102 cm³/mol. The van der Waals surface area contributed by atoms with Crippen LogP contribution in [0.25, 0.3) is 0 Å². The second-order valence-corrected chi connectivity index (χ2v) is 6.70. The number of aromatic hydroxyl groups is 1. The fraction of sp³-hybridized carbons (Fsp3) is 0.125. The van der Waals surface area contributed by atoms with Crippen LogP contribution in [0.15, 0.2) is 35.4 Å². The number of hydrogen-bond acceptors (Lipinski definition) is 3. The van der Waals surface area contributed by atoms with E-state index in [1.807, 2.05) is 0 Å². The molecule has 0 saturated heterocycles. The SMILES string of the molecule is Oc1c(Cl)cc(Cl)cc1/C=N/NC(=S)Nc1cc(C(F)(F)F)cc(C(F)(F)F)c1. The standard InChI is InChI=1S/C16H9Cl2F6N3OS/c17-10-1-7(13(28)12(18)5-10)6-25-27-14(29)26-11-3-8(15(19,20)21)2-9(4-11)16(22,23)24/h1-6,28H,(H2,26,27,29)/b25-6+. The molecule has 2 aromatic carbocycles. The first-order valence-electron chi connectivity index (χ1n) is 7.35. The summed E-state index contributed by atoms with van der Waals surface area (Å²) in [6.07, 6.45) is -8.93. The number of nitrogens with zero attached hydrogens (tertiary/aromatic N) is 1. The van der Waals surface area contributed by atoms with Crippen molar-refractivity contribution in [3.05, 3.63) is 57.1 Å². The molecule has 0 fully saturated rings. The number of rotatable bonds is 3. The van der Waals surface area contributed by atoms with E-state index in [4.69, 9.17) is 35.4 Å². The third-order valence-corrected chi connectivity index (χ3v) is 3.97. The molecule has 0 aromatic heterocycles. The molecule has 0 aliphatic heterocycles. The molecule has 2 aromatic rings. The lowest BCUT2D eigenvalue weighted by Gasteiger charge is -2.15. The normalized spacial score (nSPS) is 12.3. The summed E-state index contributed by atoms with van der Waals surface area (Å²) < 4.78 is 77.1. The molecule has 29 heavy (non-hydrogen) atoms. The molecule has 0 unspecified atom stereocenters. The summed E-state index contributed by atoms with van der Waals surface area (Å²) in [6, 6.07) is 3.52. The summed E-state index contributed by atoms with van der Waals surface area (Å²) in [5, 5.41) is 15.3. The molecule has 0 saturated carbocycles. The summed E-state index contributed by atoms with van der Waals surface area (Å²) >= 11 is 16.3. The number of halogens is 8. The second-order valence-electron chi connectivity index (χ2n) is 5.44. The van der Waals surface area contributed by atoms with Gasteiger partial charge in [-0.1, -0.05) is 23.2 Å². The maximum absolute atomic E-state index is 12.9. The van der Waals surface area contributed by atoms with Gasteiger partial charge in [-0.2, -0.15) is 31.4 Å². The van der Waals surface area contributed by atoms with Gasteiger partial charge in [0.25, 0.3) is 0 Å². The third-order valence-electron chi connectivity index (χ3n) is 3.27. The highest BCUT2D eigenvalue weighted by Gasteiger charge is 2.37. The van der Waals surface area contributed by atoms with Crippen molar-refractivity contribution in [3.63, 3.8) is 0 Å². The summed E-state index contributed by atoms with van der Waals surface area (Å²) in [4.78, 5) is 0. The zero-order valence-corrected chi connectivity index (χ0v) is 16.1. The summed E-state index contributed by atoms with van der Waals surface area (Å²) in [6.45, 7) is 0. The maximum Gasteiger partial charge on any atom is 0.416 e. The molecule has 0 amide bonds. The van der Waals surface area contributed by atoms with Crippen LogP contribution in [-0.4, -0.2) is 16.4 Å². The molecule has 0 aliphatic carbocycles. The molecule has 0 atom stereocenters. The van der Waals surface area contributed by atoms with E-state index in [2.05, 4.69) is 15.8 Å². The second kappa shape index (κ2) is 8.64. The van der Waals surface area contributed by atoms with Crippen LogP contribution in [0.5, 0.6) is 5.75 Å². The molecule has 4 nitrogen and oxygen atoms in total. The van der Waals surface area contributed by atoms with E-state index >= 15 is 0 Å². The number of phenolic OH excluding ortho intramolecular Hbond substituents is 1. The van der Waals surface area contributed by atoms with Gasteiger partial charge in [-0.15, -0.1) is 0 Å². The van der Waals surface area contributed by atoms with Crippen molar-refractivity contribution in [3.8, 4) is 5.75 Å². The molecule has 156 valence electrons. The minimum Gasteiger partial charge on any atom is -0.506 e. The molecule has 2 rings (SSSR count). The van der Waals surface area contributed by atoms with Crippen molar-refractivity contribution in [2.75, 3.05) is 5.32 Å². The van der Waals surface area contributed by atoms with E-state index in [1.54, 1.807) is 0 Å². The van der Waals surface area contributed by atoms with Gasteiger partial charge in [0.2, 0.25) is 0 Å². The Kier molecular flexibility index (Phi) is 6.86. The first-order chi connectivity index (χ1) is 13.3. The van der Waals surface area contributed by atoms with Gasteiger partial charge in [0.1, 0.15) is 5.75 Å². The van der Waals surface area contributed by atoms with E-state index in [0.29, 0.717) is 12.1 Å². The lowest BCUT2D eigenvalue weighted by atomic mass is 10.1. The number of hydrogen-bond donors (Lipinski definition) is 3. The minimum atomic E-state index is -4.99. The Hall–Kier alpha value is -2.24. The van der Waals surface area contributed by atoms with Crippen molar-refractivity contribution < 1.29 is 31.4 Å². The highest BCUT2D eigenvalue weighted by atomic mass is 35.5. The molecule has 0 bridgehead atoms. The van der Waals surface area contributed by atoms with E-state index in [9.17, 15) is 31.4 Å². The van der Waals surface area contributed by atoms with Crippen LogP contribution in [-0.2, 0) is 12.4 Å². The Morgan fingerprint density at radius 2 is 1.52 bits per heavy atom. The third kappa shape index (κ3) is 6.38. The topological polar surface area (TPSA) is 56.7 Å². The summed E-state index contributed by atoms with van der Waals surface area (Å²) in [5.74, 6) is -0.340. The average molecular weight is 476 g/mol. The average Bonchev–Trinajstić information content (AvgIpc) is 2.57. The summed E-state index contributed by atoms with van der Waals surface area (Å²) in [5.41, 5.74) is -1.26. The van der Waals surface area contributed by atoms with Gasteiger partial charge in [0, 0.05) is 16.3 Å². The fourth-order valence-electron chi connectivity index (χ4n) is 2.03. The zero-order valence-electron chi connectivity index (χ0n) is 13.8. The van der Waals surface area contributed by atoms with Gasteiger partial charge in [0.15, 0.2) is 5.11 Å². The molecule has 0 heterocycles. The van der Waals surface area contributed by atoms with Crippen molar-refractivity contribution in [1.29, 1.82) is 0 Å². The first kappa shape index (κ1) is 23.0. The summed E-state index contributed by atoms with van der Waals surface area (Å²) in [7, 11) is 0. The van der Waals surface area contributed by atoms with E-state index in [-0.39, 0.29) is 27.4 Å². The van der Waals surface area contributed by atoms with Gasteiger partial charge in [0.05, 0.1) is 22.4 Å². The largest absolute Gasteiger partial charge is 0.506 e. The van der Waals surface area contributed by atoms with Crippen LogP contribution in [0.2, 0.25) is 10.0 Å². The first-order valence-corrected chi connectivity index (χ1v) is 8.51. The number of nitrogens with one attached hydrogen (secondary N) is 2. The number of thiocarbonyl (C=S) groups is 1. The highest BCUT2D eigenvalue weighted by molar-refractivity contribution is 7.80. The Labute approximate surface area is 175 Å². The van der Waals surface area contributed by atoms with Crippen molar-refractivity contribution >= 4 is 52.4 Å². The van der Waals surface area contributed by atoms with Crippen LogP contribution in [0.1, 0.15) is 16.7 Å². The van der Waals surface area contributed by atoms with Crippen LogP contribution in [0.3, 0.4) is 0 Å². The van der Waals surface area contributed by atoms with Crippen LogP contribution < -0.4 is 10.7 Å². The lowest BCUT2D eigenvalue weighted by Crippen LogP contribution is -2.24. The Bertz CT molecular complexity index is 931. The van der Waals surface area contributed by atoms with Crippen LogP contribution in [0, 0.1) is 0 Å². The lowest BCUT2D eigenvalue weighted by molar-refractivity contribution is -0.143. The molecular weight excluding hydrogens is 467 g/mol. The van der Waals surface area contributed by atoms with E-state index in [0.717, 1.165) is 6.21 Å². The molecule has 0 radical (unpaired) electrons.